The predicted octanol–water partition coefficient (Wildman–Crippen LogP) is 0.258. The third-order valence-corrected chi connectivity index (χ3v) is 0.921. The molecule has 0 fully saturated rings. The molecular formula is C4H5ClN2O2. The van der Waals surface area contributed by atoms with Crippen LogP contribution in [0.2, 0.25) is 5.35 Å². The molecule has 0 bridgehead atoms. The van der Waals surface area contributed by atoms with Gasteiger partial charge in [0.15, 0.2) is 0 Å². The van der Waals surface area contributed by atoms with Gasteiger partial charge in [-0.1, -0.05) is 5.10 Å². The molecule has 1 N–H and O–H groups in total. The molecule has 9 heavy (non-hydrogen) atoms. The molecule has 0 spiro atoms. The van der Waals surface area contributed by atoms with Crippen LogP contribution in [0.1, 0.15) is 5.89 Å². The molecule has 50 valence electrons. The molecule has 0 atom stereocenters. The van der Waals surface area contributed by atoms with Gasteiger partial charge in [-0.25, -0.2) is 0 Å². The Kier molecular flexibility index (Phi) is 2.02. The minimum atomic E-state index is -0.00147. The van der Waals surface area contributed by atoms with Crippen molar-refractivity contribution in [3.63, 3.8) is 0 Å². The second kappa shape index (κ2) is 2.80. The summed E-state index contributed by atoms with van der Waals surface area (Å²) in [6.07, 6.45) is 0.361. The third-order valence-electron chi connectivity index (χ3n) is 0.768. The predicted molar refractivity (Wildman–Crippen MR) is 30.1 cm³/mol. The lowest BCUT2D eigenvalue weighted by Gasteiger charge is -1.82. The molecule has 1 aromatic heterocycles. The fourth-order valence-electron chi connectivity index (χ4n) is 0.430. The number of rotatable bonds is 2. The first-order chi connectivity index (χ1) is 4.33. The van der Waals surface area contributed by atoms with Crippen LogP contribution in [-0.4, -0.2) is 21.9 Å². The van der Waals surface area contributed by atoms with Gasteiger partial charge in [-0.15, -0.1) is 5.10 Å². The monoisotopic (exact) mass is 148 g/mol. The highest BCUT2D eigenvalue weighted by Crippen LogP contribution is 2.04. The number of aliphatic hydroxyl groups is 1. The molecule has 0 saturated carbocycles. The number of halogens is 1. The van der Waals surface area contributed by atoms with E-state index >= 15 is 0 Å². The van der Waals surface area contributed by atoms with Gasteiger partial charge in [0, 0.05) is 6.42 Å². The molecule has 1 rings (SSSR count). The van der Waals surface area contributed by atoms with Gasteiger partial charge in [-0.05, 0) is 11.6 Å². The molecule has 4 nitrogen and oxygen atoms in total. The molecule has 5 heteroatoms. The number of nitrogens with zero attached hydrogens (tertiary/aromatic N) is 2. The first kappa shape index (κ1) is 6.51. The van der Waals surface area contributed by atoms with Gasteiger partial charge >= 0.3 is 5.35 Å². The van der Waals surface area contributed by atoms with Crippen molar-refractivity contribution in [2.45, 2.75) is 6.42 Å². The molecule has 1 heterocycles. The molecule has 0 amide bonds. The smallest absolute Gasteiger partial charge is 0.312 e. The Bertz CT molecular complexity index is 188. The van der Waals surface area contributed by atoms with E-state index in [2.05, 4.69) is 10.2 Å². The molecule has 0 unspecified atom stereocenters. The maximum atomic E-state index is 8.36. The van der Waals surface area contributed by atoms with Crippen molar-refractivity contribution in [1.82, 2.24) is 10.2 Å². The fourth-order valence-corrected chi connectivity index (χ4v) is 0.557. The molecular weight excluding hydrogens is 144 g/mol. The summed E-state index contributed by atoms with van der Waals surface area (Å²) in [4.78, 5) is 0. The third kappa shape index (κ3) is 1.65. The summed E-state index contributed by atoms with van der Waals surface area (Å²) in [7, 11) is 0. The molecule has 0 aliphatic heterocycles. The van der Waals surface area contributed by atoms with E-state index in [0.29, 0.717) is 12.3 Å². The summed E-state index contributed by atoms with van der Waals surface area (Å²) in [5.74, 6) is 0.363. The van der Waals surface area contributed by atoms with Gasteiger partial charge < -0.3 is 9.52 Å². The normalized spacial score (nSPS) is 10.0. The van der Waals surface area contributed by atoms with Crippen LogP contribution >= 0.6 is 11.6 Å². The topological polar surface area (TPSA) is 59.2 Å². The van der Waals surface area contributed by atoms with Crippen molar-refractivity contribution in [3.8, 4) is 0 Å². The number of aromatic nitrogens is 2. The second-order valence-corrected chi connectivity index (χ2v) is 1.75. The van der Waals surface area contributed by atoms with Crippen molar-refractivity contribution in [2.75, 3.05) is 6.61 Å². The summed E-state index contributed by atoms with van der Waals surface area (Å²) in [5.41, 5.74) is 0. The lowest BCUT2D eigenvalue weighted by atomic mass is 10.5. The van der Waals surface area contributed by atoms with Crippen LogP contribution in [0, 0.1) is 0 Å². The lowest BCUT2D eigenvalue weighted by molar-refractivity contribution is 0.285. The standard InChI is InChI=1S/C4H5ClN2O2/c5-4-7-6-3(9-4)1-2-8/h8H,1-2H2. The Balaban J connectivity index is 2.61. The maximum absolute atomic E-state index is 8.36. The van der Waals surface area contributed by atoms with Crippen molar-refractivity contribution >= 4 is 11.6 Å². The van der Waals surface area contributed by atoms with Crippen LogP contribution in [0.15, 0.2) is 4.42 Å². The average molecular weight is 149 g/mol. The second-order valence-electron chi connectivity index (χ2n) is 1.42. The van der Waals surface area contributed by atoms with Crippen LogP contribution in [0.3, 0.4) is 0 Å². The van der Waals surface area contributed by atoms with Gasteiger partial charge in [0.25, 0.3) is 0 Å². The van der Waals surface area contributed by atoms with E-state index < -0.39 is 0 Å². The van der Waals surface area contributed by atoms with E-state index in [4.69, 9.17) is 21.1 Å². The van der Waals surface area contributed by atoms with E-state index in [9.17, 15) is 0 Å². The Morgan fingerprint density at radius 3 is 2.78 bits per heavy atom. The molecule has 0 radical (unpaired) electrons. The highest BCUT2D eigenvalue weighted by atomic mass is 35.5. The molecule has 0 aliphatic carbocycles. The fraction of sp³-hybridized carbons (Fsp3) is 0.500. The number of hydrogen-bond donors (Lipinski definition) is 1. The van der Waals surface area contributed by atoms with E-state index in [1.54, 1.807) is 0 Å². The lowest BCUT2D eigenvalue weighted by Crippen LogP contribution is -1.89. The van der Waals surface area contributed by atoms with Gasteiger partial charge in [-0.3, -0.25) is 0 Å². The van der Waals surface area contributed by atoms with E-state index in [0.717, 1.165) is 0 Å². The van der Waals surface area contributed by atoms with Crippen LogP contribution < -0.4 is 0 Å². The SMILES string of the molecule is OCCc1nnc(Cl)o1. The molecule has 0 saturated heterocycles. The summed E-state index contributed by atoms with van der Waals surface area (Å²) in [6.45, 7) is -0.00147. The van der Waals surface area contributed by atoms with Crippen LogP contribution in [0.4, 0.5) is 0 Å². The summed E-state index contributed by atoms with van der Waals surface area (Å²) >= 11 is 5.27. The summed E-state index contributed by atoms with van der Waals surface area (Å²) in [6, 6.07) is 0. The van der Waals surface area contributed by atoms with Crippen LogP contribution in [-0.2, 0) is 6.42 Å². The van der Waals surface area contributed by atoms with Crippen molar-refractivity contribution in [2.24, 2.45) is 0 Å². The Morgan fingerprint density at radius 2 is 2.33 bits per heavy atom. The Labute approximate surface area is 56.5 Å². The van der Waals surface area contributed by atoms with Gasteiger partial charge in [0.1, 0.15) is 0 Å². The van der Waals surface area contributed by atoms with Crippen LogP contribution in [0.5, 0.6) is 0 Å². The highest BCUT2D eigenvalue weighted by molar-refractivity contribution is 6.27. The van der Waals surface area contributed by atoms with Crippen molar-refractivity contribution in [3.05, 3.63) is 11.2 Å². The van der Waals surface area contributed by atoms with Crippen molar-refractivity contribution < 1.29 is 9.52 Å². The van der Waals surface area contributed by atoms with Crippen LogP contribution in [0.25, 0.3) is 0 Å². The Hall–Kier alpha value is -0.610. The minimum absolute atomic E-state index is 0.00147. The average Bonchev–Trinajstić information content (AvgIpc) is 2.17. The highest BCUT2D eigenvalue weighted by Gasteiger charge is 2.00. The van der Waals surface area contributed by atoms with E-state index in [1.165, 1.54) is 0 Å². The zero-order valence-corrected chi connectivity index (χ0v) is 5.30. The first-order valence-electron chi connectivity index (χ1n) is 2.41. The zero-order valence-electron chi connectivity index (χ0n) is 4.54. The largest absolute Gasteiger partial charge is 0.412 e. The quantitative estimate of drug-likeness (QED) is 0.654. The number of aliphatic hydroxyl groups excluding tert-OH is 1. The zero-order chi connectivity index (χ0) is 6.69. The van der Waals surface area contributed by atoms with Crippen molar-refractivity contribution in [1.29, 1.82) is 0 Å². The first-order valence-corrected chi connectivity index (χ1v) is 2.79. The number of hydrogen-bond acceptors (Lipinski definition) is 4. The van der Waals surface area contributed by atoms with Gasteiger partial charge in [-0.2, -0.15) is 0 Å². The summed E-state index contributed by atoms with van der Waals surface area (Å²) in [5, 5.41) is 15.2. The minimum Gasteiger partial charge on any atom is -0.412 e. The molecule has 0 aliphatic rings. The van der Waals surface area contributed by atoms with Gasteiger partial charge in [0.2, 0.25) is 5.89 Å². The van der Waals surface area contributed by atoms with E-state index in [-0.39, 0.29) is 12.0 Å². The molecule has 0 aromatic carbocycles. The summed E-state index contributed by atoms with van der Waals surface area (Å²) < 4.78 is 4.71. The maximum Gasteiger partial charge on any atom is 0.312 e. The molecule has 1 aromatic rings. The Morgan fingerprint density at radius 1 is 1.56 bits per heavy atom. The van der Waals surface area contributed by atoms with Gasteiger partial charge in [0.05, 0.1) is 6.61 Å². The van der Waals surface area contributed by atoms with E-state index in [1.807, 2.05) is 0 Å².